The SMILES string of the molecule is c1ccc(-c2cccnc2-c2ccc(-c3ccc4c(-c5ccccc5)c5ccccc5c(-c5ccccc5)c4c3)cc2)cc1. The van der Waals surface area contributed by atoms with Crippen molar-refractivity contribution in [3.05, 3.63) is 176 Å². The molecule has 0 atom stereocenters. The number of benzene rings is 7. The van der Waals surface area contributed by atoms with Crippen molar-refractivity contribution < 1.29 is 0 Å². The summed E-state index contributed by atoms with van der Waals surface area (Å²) in [4.78, 5) is 4.78. The van der Waals surface area contributed by atoms with Gasteiger partial charge >= 0.3 is 0 Å². The van der Waals surface area contributed by atoms with Crippen LogP contribution in [0.25, 0.3) is 77.3 Å². The lowest BCUT2D eigenvalue weighted by atomic mass is 9.85. The topological polar surface area (TPSA) is 12.9 Å². The van der Waals surface area contributed by atoms with E-state index in [2.05, 4.69) is 158 Å². The standard InChI is InChI=1S/C43H29N/c1-4-13-31(14-5-1)36-21-12-28-44-43(36)34-24-22-30(23-25-34)35-26-27-39-40(29-35)42(33-17-8-3-9-18-33)38-20-11-10-19-37(38)41(39)32-15-6-2-7-16-32/h1-29H. The molecule has 1 heteroatoms. The average molecular weight is 560 g/mol. The van der Waals surface area contributed by atoms with Crippen molar-refractivity contribution in [3.63, 3.8) is 0 Å². The summed E-state index contributed by atoms with van der Waals surface area (Å²) in [5.74, 6) is 0. The van der Waals surface area contributed by atoms with Gasteiger partial charge in [-0.15, -0.1) is 0 Å². The lowest BCUT2D eigenvalue weighted by Crippen LogP contribution is -1.92. The van der Waals surface area contributed by atoms with E-state index in [1.165, 1.54) is 60.5 Å². The molecule has 44 heavy (non-hydrogen) atoms. The fraction of sp³-hybridized carbons (Fsp3) is 0. The number of fused-ring (bicyclic) bond motifs is 2. The van der Waals surface area contributed by atoms with E-state index >= 15 is 0 Å². The summed E-state index contributed by atoms with van der Waals surface area (Å²) in [5.41, 5.74) is 11.8. The molecule has 0 unspecified atom stereocenters. The van der Waals surface area contributed by atoms with E-state index < -0.39 is 0 Å². The number of nitrogens with zero attached hydrogens (tertiary/aromatic N) is 1. The van der Waals surface area contributed by atoms with Crippen molar-refractivity contribution in [1.82, 2.24) is 4.98 Å². The third-order valence-electron chi connectivity index (χ3n) is 8.53. The van der Waals surface area contributed by atoms with Crippen LogP contribution in [0.1, 0.15) is 0 Å². The number of rotatable bonds is 5. The Bertz CT molecular complexity index is 2230. The highest BCUT2D eigenvalue weighted by Crippen LogP contribution is 2.44. The second-order valence-corrected chi connectivity index (χ2v) is 11.1. The summed E-state index contributed by atoms with van der Waals surface area (Å²) in [5, 5.41) is 5.05. The first-order chi connectivity index (χ1) is 21.8. The molecule has 7 aromatic carbocycles. The summed E-state index contributed by atoms with van der Waals surface area (Å²) in [6, 6.07) is 60.8. The Balaban J connectivity index is 1.32. The fourth-order valence-electron chi connectivity index (χ4n) is 6.50. The summed E-state index contributed by atoms with van der Waals surface area (Å²) >= 11 is 0. The zero-order chi connectivity index (χ0) is 29.3. The number of pyridine rings is 1. The Hall–Kier alpha value is -5.79. The molecule has 0 aliphatic heterocycles. The summed E-state index contributed by atoms with van der Waals surface area (Å²) in [7, 11) is 0. The second-order valence-electron chi connectivity index (χ2n) is 11.1. The van der Waals surface area contributed by atoms with Gasteiger partial charge in [0.15, 0.2) is 0 Å². The van der Waals surface area contributed by atoms with Crippen molar-refractivity contribution in [3.8, 4) is 55.8 Å². The Morgan fingerprint density at radius 1 is 0.295 bits per heavy atom. The molecule has 1 nitrogen and oxygen atoms in total. The first-order valence-corrected chi connectivity index (χ1v) is 15.1. The van der Waals surface area contributed by atoms with Gasteiger partial charge in [0, 0.05) is 17.3 Å². The average Bonchev–Trinajstić information content (AvgIpc) is 3.11. The minimum absolute atomic E-state index is 0.995. The molecule has 1 heterocycles. The maximum atomic E-state index is 4.78. The molecule has 0 aliphatic rings. The van der Waals surface area contributed by atoms with E-state index in [4.69, 9.17) is 4.98 Å². The summed E-state index contributed by atoms with van der Waals surface area (Å²) < 4.78 is 0. The molecule has 8 rings (SSSR count). The molecule has 0 radical (unpaired) electrons. The largest absolute Gasteiger partial charge is 0.256 e. The van der Waals surface area contributed by atoms with Crippen LogP contribution in [-0.2, 0) is 0 Å². The van der Waals surface area contributed by atoms with Crippen LogP contribution < -0.4 is 0 Å². The molecule has 0 fully saturated rings. The third kappa shape index (κ3) is 4.56. The minimum Gasteiger partial charge on any atom is -0.256 e. The van der Waals surface area contributed by atoms with Crippen LogP contribution in [-0.4, -0.2) is 4.98 Å². The number of hydrogen-bond acceptors (Lipinski definition) is 1. The normalized spacial score (nSPS) is 11.2. The molecule has 0 N–H and O–H groups in total. The van der Waals surface area contributed by atoms with Crippen molar-refractivity contribution in [2.45, 2.75) is 0 Å². The lowest BCUT2D eigenvalue weighted by molar-refractivity contribution is 1.32. The predicted molar refractivity (Wildman–Crippen MR) is 186 cm³/mol. The first-order valence-electron chi connectivity index (χ1n) is 15.1. The Morgan fingerprint density at radius 2 is 0.773 bits per heavy atom. The second kappa shape index (κ2) is 11.1. The molecule has 206 valence electrons. The molecule has 8 aromatic rings. The number of aromatic nitrogens is 1. The molecule has 0 spiro atoms. The van der Waals surface area contributed by atoms with E-state index in [-0.39, 0.29) is 0 Å². The molecule has 0 bridgehead atoms. The Labute approximate surface area is 257 Å². The predicted octanol–water partition coefficient (Wildman–Crippen LogP) is 11.7. The van der Waals surface area contributed by atoms with Gasteiger partial charge in [0.2, 0.25) is 0 Å². The maximum absolute atomic E-state index is 4.78. The number of hydrogen-bond donors (Lipinski definition) is 0. The first kappa shape index (κ1) is 25.9. The van der Waals surface area contributed by atoms with E-state index in [1.54, 1.807) is 0 Å². The van der Waals surface area contributed by atoms with E-state index in [0.29, 0.717) is 0 Å². The molecule has 0 saturated heterocycles. The molecule has 0 saturated carbocycles. The lowest BCUT2D eigenvalue weighted by Gasteiger charge is -2.18. The van der Waals surface area contributed by atoms with Gasteiger partial charge in [0.05, 0.1) is 5.69 Å². The smallest absolute Gasteiger partial charge is 0.0780 e. The maximum Gasteiger partial charge on any atom is 0.0780 e. The highest BCUT2D eigenvalue weighted by atomic mass is 14.7. The highest BCUT2D eigenvalue weighted by molar-refractivity contribution is 6.21. The minimum atomic E-state index is 0.995. The zero-order valence-corrected chi connectivity index (χ0v) is 24.2. The quantitative estimate of drug-likeness (QED) is 0.191. The van der Waals surface area contributed by atoms with E-state index in [1.807, 2.05) is 18.3 Å². The van der Waals surface area contributed by atoms with Gasteiger partial charge in [-0.3, -0.25) is 4.98 Å². The summed E-state index contributed by atoms with van der Waals surface area (Å²) in [6.45, 7) is 0. The van der Waals surface area contributed by atoms with Crippen LogP contribution >= 0.6 is 0 Å². The molecule has 0 aliphatic carbocycles. The Kier molecular flexibility index (Phi) is 6.55. The van der Waals surface area contributed by atoms with Gasteiger partial charge in [-0.25, -0.2) is 0 Å². The summed E-state index contributed by atoms with van der Waals surface area (Å²) in [6.07, 6.45) is 1.87. The highest BCUT2D eigenvalue weighted by Gasteiger charge is 2.17. The fourth-order valence-corrected chi connectivity index (χ4v) is 6.50. The molecular weight excluding hydrogens is 530 g/mol. The van der Waals surface area contributed by atoms with Gasteiger partial charge in [-0.2, -0.15) is 0 Å². The van der Waals surface area contributed by atoms with Gasteiger partial charge in [-0.1, -0.05) is 158 Å². The van der Waals surface area contributed by atoms with Gasteiger partial charge in [-0.05, 0) is 72.6 Å². The molecular formula is C43H29N. The third-order valence-corrected chi connectivity index (χ3v) is 8.53. The van der Waals surface area contributed by atoms with Crippen LogP contribution in [0.4, 0.5) is 0 Å². The van der Waals surface area contributed by atoms with Crippen molar-refractivity contribution in [1.29, 1.82) is 0 Å². The van der Waals surface area contributed by atoms with E-state index in [9.17, 15) is 0 Å². The van der Waals surface area contributed by atoms with Crippen LogP contribution in [0.3, 0.4) is 0 Å². The van der Waals surface area contributed by atoms with E-state index in [0.717, 1.165) is 16.8 Å². The van der Waals surface area contributed by atoms with Gasteiger partial charge < -0.3 is 0 Å². The van der Waals surface area contributed by atoms with Crippen molar-refractivity contribution >= 4 is 21.5 Å². The van der Waals surface area contributed by atoms with Crippen LogP contribution in [0, 0.1) is 0 Å². The molecule has 1 aromatic heterocycles. The van der Waals surface area contributed by atoms with Crippen molar-refractivity contribution in [2.75, 3.05) is 0 Å². The van der Waals surface area contributed by atoms with Crippen molar-refractivity contribution in [2.24, 2.45) is 0 Å². The zero-order valence-electron chi connectivity index (χ0n) is 24.2. The van der Waals surface area contributed by atoms with Gasteiger partial charge in [0.25, 0.3) is 0 Å². The molecule has 0 amide bonds. The Morgan fingerprint density at radius 3 is 1.39 bits per heavy atom. The monoisotopic (exact) mass is 559 g/mol. The van der Waals surface area contributed by atoms with Gasteiger partial charge in [0.1, 0.15) is 0 Å². The van der Waals surface area contributed by atoms with Crippen LogP contribution in [0.2, 0.25) is 0 Å². The van der Waals surface area contributed by atoms with Crippen LogP contribution in [0.5, 0.6) is 0 Å². The van der Waals surface area contributed by atoms with Crippen LogP contribution in [0.15, 0.2) is 176 Å².